The largest absolute Gasteiger partial charge is 0.462 e. The Balaban J connectivity index is 4.76. The number of amides is 1. The molecule has 0 fully saturated rings. The number of hydrogen-bond acceptors (Lipinski definition) is 5. The average Bonchev–Trinajstić information content (AvgIpc) is 3.25. The Hall–Kier alpha value is -3.22. The highest BCUT2D eigenvalue weighted by molar-refractivity contribution is 5.77. The Kier molecular flexibility index (Phi) is 45.3. The smallest absolute Gasteiger partial charge is 0.306 e. The lowest BCUT2D eigenvalue weighted by molar-refractivity contribution is -0.151. The summed E-state index contributed by atoms with van der Waals surface area (Å²) in [5.74, 6) is -0.548. The molecule has 1 amide bonds. The van der Waals surface area contributed by atoms with Gasteiger partial charge in [-0.3, -0.25) is 9.59 Å². The van der Waals surface area contributed by atoms with E-state index >= 15 is 0 Å². The molecule has 3 unspecified atom stereocenters. The zero-order valence-electron chi connectivity index (χ0n) is 39.5. The molecule has 0 aromatic rings. The Bertz CT molecular complexity index is 1220. The zero-order chi connectivity index (χ0) is 44.5. The van der Waals surface area contributed by atoms with Crippen LogP contribution in [0.2, 0.25) is 0 Å². The lowest BCUT2D eigenvalue weighted by atomic mass is 10.0. The molecule has 0 radical (unpaired) electrons. The van der Waals surface area contributed by atoms with Gasteiger partial charge in [-0.15, -0.1) is 0 Å². The minimum Gasteiger partial charge on any atom is -0.462 e. The topological polar surface area (TPSA) is 95.9 Å². The van der Waals surface area contributed by atoms with Crippen LogP contribution in [0.25, 0.3) is 0 Å². The fourth-order valence-electron chi connectivity index (χ4n) is 7.04. The number of hydrogen-bond donors (Lipinski definition) is 3. The van der Waals surface area contributed by atoms with Crippen molar-refractivity contribution in [3.63, 3.8) is 0 Å². The molecule has 0 saturated heterocycles. The van der Waals surface area contributed by atoms with Gasteiger partial charge in [-0.2, -0.15) is 0 Å². The van der Waals surface area contributed by atoms with Gasteiger partial charge >= 0.3 is 5.97 Å². The van der Waals surface area contributed by atoms with Gasteiger partial charge in [0.25, 0.3) is 0 Å². The molecule has 0 aromatic carbocycles. The van der Waals surface area contributed by atoms with E-state index in [1.165, 1.54) is 70.6 Å². The normalized spacial score (nSPS) is 14.1. The van der Waals surface area contributed by atoms with Gasteiger partial charge < -0.3 is 20.3 Å². The number of allylic oxidation sites excluding steroid dienone is 16. The summed E-state index contributed by atoms with van der Waals surface area (Å²) < 4.78 is 5.90. The standard InChI is InChI=1S/C55H93NO5/c1-4-7-10-13-16-19-22-24-26-28-29-32-34-37-40-43-46-51(61-55(60)48-45-42-39-36-33-30-27-25-23-20-17-14-11-8-5-2)49-54(59)56-52(50-57)53(58)47-44-41-38-35-31-21-18-15-12-9-6-3/h8,11,14,16-17,19-20,22-29,32,51-53,57-58H,4-7,9-10,12-13,15,18,21,30-31,33-50H2,1-3H3,(H,56,59)/b11-8+,17-14+,19-16+,23-20+,24-22+,27-25-,28-26+,32-29+. The van der Waals surface area contributed by atoms with Crippen molar-refractivity contribution in [1.29, 1.82) is 0 Å². The fourth-order valence-corrected chi connectivity index (χ4v) is 7.04. The molecule has 0 aromatic heterocycles. The molecule has 6 heteroatoms. The molecule has 0 aliphatic heterocycles. The Morgan fingerprint density at radius 3 is 1.39 bits per heavy atom. The van der Waals surface area contributed by atoms with Crippen LogP contribution >= 0.6 is 0 Å². The third kappa shape index (κ3) is 43.2. The first-order valence-corrected chi connectivity index (χ1v) is 25.1. The molecule has 0 aliphatic rings. The van der Waals surface area contributed by atoms with Gasteiger partial charge in [0.1, 0.15) is 6.10 Å². The van der Waals surface area contributed by atoms with Crippen LogP contribution in [0, 0.1) is 0 Å². The van der Waals surface area contributed by atoms with E-state index in [1.54, 1.807) is 0 Å². The van der Waals surface area contributed by atoms with Crippen molar-refractivity contribution in [3.05, 3.63) is 97.2 Å². The van der Waals surface area contributed by atoms with Crippen LogP contribution in [0.5, 0.6) is 0 Å². The van der Waals surface area contributed by atoms with E-state index in [0.717, 1.165) is 96.3 Å². The molecular formula is C55H93NO5. The predicted molar refractivity (Wildman–Crippen MR) is 264 cm³/mol. The molecule has 0 spiro atoms. The summed E-state index contributed by atoms with van der Waals surface area (Å²) in [7, 11) is 0. The van der Waals surface area contributed by atoms with E-state index in [-0.39, 0.29) is 24.9 Å². The second-order valence-electron chi connectivity index (χ2n) is 16.7. The maximum absolute atomic E-state index is 13.2. The number of aliphatic hydroxyl groups excluding tert-OH is 2. The van der Waals surface area contributed by atoms with E-state index in [2.05, 4.69) is 92.9 Å². The highest BCUT2D eigenvalue weighted by Gasteiger charge is 2.24. The highest BCUT2D eigenvalue weighted by atomic mass is 16.5. The number of nitrogens with one attached hydrogen (secondary N) is 1. The van der Waals surface area contributed by atoms with Gasteiger partial charge in [-0.05, 0) is 70.6 Å². The van der Waals surface area contributed by atoms with Crippen molar-refractivity contribution in [2.45, 2.75) is 232 Å². The minimum atomic E-state index is -0.808. The van der Waals surface area contributed by atoms with Gasteiger partial charge in [0.05, 0.1) is 25.2 Å². The summed E-state index contributed by atoms with van der Waals surface area (Å²) in [5.41, 5.74) is 0. The van der Waals surface area contributed by atoms with Crippen LogP contribution in [0.4, 0.5) is 0 Å². The van der Waals surface area contributed by atoms with Crippen molar-refractivity contribution in [3.8, 4) is 0 Å². The zero-order valence-corrected chi connectivity index (χ0v) is 39.5. The monoisotopic (exact) mass is 848 g/mol. The number of carbonyl (C=O) groups is 2. The molecular weight excluding hydrogens is 755 g/mol. The Labute approximate surface area is 376 Å². The number of ether oxygens (including phenoxy) is 1. The van der Waals surface area contributed by atoms with Crippen molar-refractivity contribution in [2.75, 3.05) is 6.61 Å². The Morgan fingerprint density at radius 2 is 0.885 bits per heavy atom. The van der Waals surface area contributed by atoms with Crippen LogP contribution in [-0.4, -0.2) is 46.9 Å². The summed E-state index contributed by atoms with van der Waals surface area (Å²) in [5, 5.41) is 23.7. The molecule has 0 aliphatic carbocycles. The quantitative estimate of drug-likeness (QED) is 0.0323. The summed E-state index contributed by atoms with van der Waals surface area (Å²) in [6, 6.07) is -0.725. The molecule has 3 N–H and O–H groups in total. The third-order valence-electron chi connectivity index (χ3n) is 10.8. The van der Waals surface area contributed by atoms with Crippen LogP contribution in [-0.2, 0) is 14.3 Å². The molecule has 0 rings (SSSR count). The maximum atomic E-state index is 13.2. The fraction of sp³-hybridized carbons (Fsp3) is 0.673. The summed E-state index contributed by atoms with van der Waals surface area (Å²) in [6.45, 7) is 6.27. The first kappa shape index (κ1) is 57.8. The lowest BCUT2D eigenvalue weighted by Gasteiger charge is -2.24. The second kappa shape index (κ2) is 47.8. The van der Waals surface area contributed by atoms with Crippen LogP contribution in [0.3, 0.4) is 0 Å². The molecule has 61 heavy (non-hydrogen) atoms. The van der Waals surface area contributed by atoms with Crippen LogP contribution in [0.1, 0.15) is 213 Å². The first-order valence-electron chi connectivity index (χ1n) is 25.1. The molecule has 3 atom stereocenters. The van der Waals surface area contributed by atoms with Crippen molar-refractivity contribution in [1.82, 2.24) is 5.32 Å². The van der Waals surface area contributed by atoms with Gasteiger partial charge in [0.2, 0.25) is 5.91 Å². The summed E-state index contributed by atoms with van der Waals surface area (Å²) >= 11 is 0. The second-order valence-corrected chi connectivity index (χ2v) is 16.7. The lowest BCUT2D eigenvalue weighted by Crippen LogP contribution is -2.46. The molecule has 0 heterocycles. The van der Waals surface area contributed by atoms with Crippen LogP contribution < -0.4 is 5.32 Å². The third-order valence-corrected chi connectivity index (χ3v) is 10.8. The molecule has 6 nitrogen and oxygen atoms in total. The average molecular weight is 848 g/mol. The minimum absolute atomic E-state index is 0.0362. The van der Waals surface area contributed by atoms with Gasteiger partial charge in [0.15, 0.2) is 0 Å². The van der Waals surface area contributed by atoms with E-state index in [0.29, 0.717) is 19.3 Å². The maximum Gasteiger partial charge on any atom is 0.306 e. The number of esters is 1. The highest BCUT2D eigenvalue weighted by Crippen LogP contribution is 2.17. The number of rotatable bonds is 43. The van der Waals surface area contributed by atoms with Crippen LogP contribution in [0.15, 0.2) is 97.2 Å². The van der Waals surface area contributed by atoms with E-state index in [9.17, 15) is 19.8 Å². The molecule has 348 valence electrons. The first-order chi connectivity index (χ1) is 30.0. The number of unbranched alkanes of at least 4 members (excludes halogenated alkanes) is 21. The summed E-state index contributed by atoms with van der Waals surface area (Å²) in [6.07, 6.45) is 63.1. The van der Waals surface area contributed by atoms with Crippen molar-refractivity contribution in [2.24, 2.45) is 0 Å². The van der Waals surface area contributed by atoms with Crippen molar-refractivity contribution < 1.29 is 24.5 Å². The number of aliphatic hydroxyl groups is 2. The van der Waals surface area contributed by atoms with E-state index < -0.39 is 18.2 Å². The van der Waals surface area contributed by atoms with E-state index in [1.807, 2.05) is 30.4 Å². The predicted octanol–water partition coefficient (Wildman–Crippen LogP) is 14.9. The summed E-state index contributed by atoms with van der Waals surface area (Å²) in [4.78, 5) is 26.1. The molecule has 0 bridgehead atoms. The van der Waals surface area contributed by atoms with Crippen molar-refractivity contribution >= 4 is 11.9 Å². The number of carbonyl (C=O) groups excluding carboxylic acids is 2. The van der Waals surface area contributed by atoms with Gasteiger partial charge in [-0.25, -0.2) is 0 Å². The van der Waals surface area contributed by atoms with Gasteiger partial charge in [0, 0.05) is 6.42 Å². The Morgan fingerprint density at radius 1 is 0.492 bits per heavy atom. The van der Waals surface area contributed by atoms with E-state index in [4.69, 9.17) is 4.74 Å². The van der Waals surface area contributed by atoms with Gasteiger partial charge in [-0.1, -0.05) is 227 Å². The SMILES string of the molecule is CC/C=C/C=C/C=C/C=C\CCCCCCCC(=O)OC(CCCCC/C=C/C=C/C=C/C=C/CCCCC)CC(=O)NC(CO)C(O)CCCCCCCCCCCCC. The molecule has 0 saturated carbocycles.